The van der Waals surface area contributed by atoms with Crippen molar-refractivity contribution < 1.29 is 9.15 Å². The first kappa shape index (κ1) is 15.4. The van der Waals surface area contributed by atoms with Crippen molar-refractivity contribution in [3.05, 3.63) is 72.0 Å². The van der Waals surface area contributed by atoms with Crippen molar-refractivity contribution in [3.8, 4) is 5.75 Å². The molecule has 0 fully saturated rings. The number of ether oxygens (including phenoxy) is 1. The van der Waals surface area contributed by atoms with Crippen molar-refractivity contribution in [1.29, 1.82) is 0 Å². The first-order valence-corrected chi connectivity index (χ1v) is 7.70. The maximum atomic E-state index is 5.59. The Morgan fingerprint density at radius 2 is 2.00 bits per heavy atom. The molecule has 0 bridgehead atoms. The molecule has 1 heterocycles. The highest BCUT2D eigenvalue weighted by Crippen LogP contribution is 2.21. The SMILES string of the molecule is COc1cccc(/C=C/CN(C)Cc2coc3ccccc23)c1. The average molecular weight is 307 g/mol. The van der Waals surface area contributed by atoms with E-state index in [9.17, 15) is 0 Å². The summed E-state index contributed by atoms with van der Waals surface area (Å²) in [4.78, 5) is 2.26. The predicted octanol–water partition coefficient (Wildman–Crippen LogP) is 4.59. The highest BCUT2D eigenvalue weighted by molar-refractivity contribution is 5.80. The lowest BCUT2D eigenvalue weighted by atomic mass is 10.1. The summed E-state index contributed by atoms with van der Waals surface area (Å²) >= 11 is 0. The van der Waals surface area contributed by atoms with Gasteiger partial charge in [0.2, 0.25) is 0 Å². The van der Waals surface area contributed by atoms with E-state index in [4.69, 9.17) is 9.15 Å². The van der Waals surface area contributed by atoms with Crippen LogP contribution in [-0.4, -0.2) is 25.6 Å². The Morgan fingerprint density at radius 3 is 2.87 bits per heavy atom. The van der Waals surface area contributed by atoms with E-state index in [0.717, 1.165) is 30.0 Å². The van der Waals surface area contributed by atoms with Gasteiger partial charge < -0.3 is 9.15 Å². The van der Waals surface area contributed by atoms with Crippen LogP contribution in [-0.2, 0) is 6.54 Å². The quantitative estimate of drug-likeness (QED) is 0.666. The zero-order valence-corrected chi connectivity index (χ0v) is 13.5. The number of hydrogen-bond donors (Lipinski definition) is 0. The molecule has 2 aromatic carbocycles. The van der Waals surface area contributed by atoms with Gasteiger partial charge in [-0.25, -0.2) is 0 Å². The van der Waals surface area contributed by atoms with E-state index < -0.39 is 0 Å². The van der Waals surface area contributed by atoms with Crippen molar-refractivity contribution in [2.75, 3.05) is 20.7 Å². The Balaban J connectivity index is 1.61. The molecule has 0 spiro atoms. The monoisotopic (exact) mass is 307 g/mol. The number of hydrogen-bond acceptors (Lipinski definition) is 3. The molecule has 0 N–H and O–H groups in total. The minimum atomic E-state index is 0.861. The molecule has 3 heteroatoms. The molecule has 0 amide bonds. The number of benzene rings is 2. The summed E-state index contributed by atoms with van der Waals surface area (Å²) in [6, 6.07) is 16.2. The number of methoxy groups -OCH3 is 1. The summed E-state index contributed by atoms with van der Waals surface area (Å²) in [5.41, 5.74) is 3.31. The third-order valence-corrected chi connectivity index (χ3v) is 3.82. The third kappa shape index (κ3) is 3.82. The van der Waals surface area contributed by atoms with E-state index in [0.29, 0.717) is 0 Å². The second kappa shape index (κ2) is 7.16. The van der Waals surface area contributed by atoms with E-state index in [1.165, 1.54) is 10.9 Å². The molecule has 0 unspecified atom stereocenters. The molecule has 0 saturated heterocycles. The molecule has 23 heavy (non-hydrogen) atoms. The fourth-order valence-corrected chi connectivity index (χ4v) is 2.62. The molecule has 1 aromatic heterocycles. The van der Waals surface area contributed by atoms with E-state index in [1.54, 1.807) is 7.11 Å². The number of rotatable bonds is 6. The van der Waals surface area contributed by atoms with Crippen molar-refractivity contribution in [2.45, 2.75) is 6.54 Å². The van der Waals surface area contributed by atoms with Crippen molar-refractivity contribution >= 4 is 17.0 Å². The molecule has 0 radical (unpaired) electrons. The van der Waals surface area contributed by atoms with Gasteiger partial charge in [0.1, 0.15) is 11.3 Å². The molecule has 3 rings (SSSR count). The van der Waals surface area contributed by atoms with Crippen LogP contribution in [0.2, 0.25) is 0 Å². The third-order valence-electron chi connectivity index (χ3n) is 3.82. The number of nitrogens with zero attached hydrogens (tertiary/aromatic N) is 1. The van der Waals surface area contributed by atoms with Gasteiger partial charge in [-0.2, -0.15) is 0 Å². The van der Waals surface area contributed by atoms with Crippen LogP contribution in [0.15, 0.2) is 65.3 Å². The van der Waals surface area contributed by atoms with Crippen LogP contribution in [0.25, 0.3) is 17.0 Å². The maximum Gasteiger partial charge on any atom is 0.134 e. The van der Waals surface area contributed by atoms with Gasteiger partial charge in [0, 0.05) is 24.0 Å². The van der Waals surface area contributed by atoms with Crippen LogP contribution < -0.4 is 4.74 Å². The summed E-state index contributed by atoms with van der Waals surface area (Å²) in [5.74, 6) is 0.880. The summed E-state index contributed by atoms with van der Waals surface area (Å²) in [6.45, 7) is 1.73. The lowest BCUT2D eigenvalue weighted by Crippen LogP contribution is -2.17. The molecule has 3 aromatic rings. The molecule has 0 aliphatic rings. The van der Waals surface area contributed by atoms with E-state index >= 15 is 0 Å². The molecule has 0 saturated carbocycles. The first-order valence-electron chi connectivity index (χ1n) is 7.70. The molecule has 118 valence electrons. The number of para-hydroxylation sites is 1. The number of fused-ring (bicyclic) bond motifs is 1. The summed E-state index contributed by atoms with van der Waals surface area (Å²) in [7, 11) is 3.80. The minimum Gasteiger partial charge on any atom is -0.497 e. The smallest absolute Gasteiger partial charge is 0.134 e. The lowest BCUT2D eigenvalue weighted by Gasteiger charge is -2.13. The van der Waals surface area contributed by atoms with Gasteiger partial charge in [0.05, 0.1) is 13.4 Å². The Bertz CT molecular complexity index is 804. The van der Waals surface area contributed by atoms with Crippen LogP contribution in [0, 0.1) is 0 Å². The van der Waals surface area contributed by atoms with Gasteiger partial charge in [-0.05, 0) is 30.8 Å². The van der Waals surface area contributed by atoms with Gasteiger partial charge in [0.25, 0.3) is 0 Å². The minimum absolute atomic E-state index is 0.861. The molecule has 0 atom stereocenters. The summed E-state index contributed by atoms with van der Waals surface area (Å²) < 4.78 is 10.8. The Kier molecular flexibility index (Phi) is 4.79. The molecular weight excluding hydrogens is 286 g/mol. The first-order chi connectivity index (χ1) is 11.3. The van der Waals surface area contributed by atoms with Crippen LogP contribution in [0.5, 0.6) is 5.75 Å². The summed E-state index contributed by atoms with van der Waals surface area (Å²) in [6.07, 6.45) is 6.14. The zero-order chi connectivity index (χ0) is 16.1. The lowest BCUT2D eigenvalue weighted by molar-refractivity contribution is 0.363. The fourth-order valence-electron chi connectivity index (χ4n) is 2.62. The van der Waals surface area contributed by atoms with Crippen LogP contribution in [0.3, 0.4) is 0 Å². The Morgan fingerprint density at radius 1 is 1.13 bits per heavy atom. The highest BCUT2D eigenvalue weighted by Gasteiger charge is 2.06. The van der Waals surface area contributed by atoms with Crippen molar-refractivity contribution in [3.63, 3.8) is 0 Å². The largest absolute Gasteiger partial charge is 0.497 e. The average Bonchev–Trinajstić information content (AvgIpc) is 2.98. The molecule has 0 aliphatic heterocycles. The van der Waals surface area contributed by atoms with Gasteiger partial charge in [0.15, 0.2) is 0 Å². The van der Waals surface area contributed by atoms with Crippen LogP contribution >= 0.6 is 0 Å². The van der Waals surface area contributed by atoms with E-state index in [-0.39, 0.29) is 0 Å². The van der Waals surface area contributed by atoms with E-state index in [2.05, 4.69) is 36.2 Å². The Hall–Kier alpha value is -2.52. The molecule has 0 aliphatic carbocycles. The van der Waals surface area contributed by atoms with Gasteiger partial charge in [-0.1, -0.05) is 42.5 Å². The number of likely N-dealkylation sites (N-methyl/N-ethyl adjacent to an activating group) is 1. The van der Waals surface area contributed by atoms with Crippen molar-refractivity contribution in [2.24, 2.45) is 0 Å². The van der Waals surface area contributed by atoms with E-state index in [1.807, 2.05) is 42.7 Å². The van der Waals surface area contributed by atoms with Gasteiger partial charge in [-0.15, -0.1) is 0 Å². The molecular formula is C20H21NO2. The zero-order valence-electron chi connectivity index (χ0n) is 13.5. The molecule has 3 nitrogen and oxygen atoms in total. The van der Waals surface area contributed by atoms with Crippen LogP contribution in [0.4, 0.5) is 0 Å². The standard InChI is InChI=1S/C20H21NO2/c1-21(12-6-8-16-7-5-9-18(13-16)22-2)14-17-15-23-20-11-4-3-10-19(17)20/h3-11,13,15H,12,14H2,1-2H3/b8-6+. The predicted molar refractivity (Wildman–Crippen MR) is 94.6 cm³/mol. The van der Waals surface area contributed by atoms with Gasteiger partial charge >= 0.3 is 0 Å². The second-order valence-corrected chi connectivity index (χ2v) is 5.63. The fraction of sp³-hybridized carbons (Fsp3) is 0.200. The summed E-state index contributed by atoms with van der Waals surface area (Å²) in [5, 5.41) is 1.19. The van der Waals surface area contributed by atoms with Crippen LogP contribution in [0.1, 0.15) is 11.1 Å². The number of furan rings is 1. The van der Waals surface area contributed by atoms with Crippen molar-refractivity contribution in [1.82, 2.24) is 4.90 Å². The topological polar surface area (TPSA) is 25.6 Å². The van der Waals surface area contributed by atoms with Gasteiger partial charge in [-0.3, -0.25) is 4.90 Å². The Labute approximate surface area is 136 Å². The highest BCUT2D eigenvalue weighted by atomic mass is 16.5. The maximum absolute atomic E-state index is 5.59. The second-order valence-electron chi connectivity index (χ2n) is 5.63. The normalized spacial score (nSPS) is 11.6.